The monoisotopic (exact) mass is 234 g/mol. The average Bonchev–Trinajstić information content (AvgIpc) is 2.68. The fourth-order valence-electron chi connectivity index (χ4n) is 1.55. The molecule has 2 rings (SSSR count). The quantitative estimate of drug-likeness (QED) is 0.765. The number of carbonyl (C=O) groups excluding carboxylic acids is 1. The number of ketones is 1. The second-order valence-corrected chi connectivity index (χ2v) is 3.94. The van der Waals surface area contributed by atoms with E-state index in [1.807, 2.05) is 18.2 Å². The molecule has 0 saturated carbocycles. The molecule has 4 heteroatoms. The van der Waals surface area contributed by atoms with Crippen molar-refractivity contribution in [3.8, 4) is 0 Å². The highest BCUT2D eigenvalue weighted by Crippen LogP contribution is 2.17. The lowest BCUT2D eigenvalue weighted by Gasteiger charge is -2.03. The number of hydrogen-bond acceptors (Lipinski definition) is 2. The predicted octanol–water partition coefficient (Wildman–Crippen LogP) is 2.50. The fraction of sp³-hybridized carbons (Fsp3) is 0.167. The summed E-state index contributed by atoms with van der Waals surface area (Å²) < 4.78 is 1.57. The van der Waals surface area contributed by atoms with Crippen LogP contribution in [0.15, 0.2) is 36.5 Å². The van der Waals surface area contributed by atoms with Gasteiger partial charge in [0.15, 0.2) is 5.78 Å². The molecule has 0 amide bonds. The van der Waals surface area contributed by atoms with Crippen LogP contribution >= 0.6 is 11.6 Å². The maximum absolute atomic E-state index is 11.9. The molecule has 0 unspecified atom stereocenters. The Morgan fingerprint density at radius 1 is 1.38 bits per heavy atom. The number of Topliss-reactive ketones (excluding diaryl/α,β-unsaturated/α-hetero) is 1. The Bertz CT molecular complexity index is 519. The molecule has 0 bridgehead atoms. The van der Waals surface area contributed by atoms with Crippen molar-refractivity contribution in [2.45, 2.75) is 6.42 Å². The zero-order valence-corrected chi connectivity index (χ0v) is 9.61. The molecule has 16 heavy (non-hydrogen) atoms. The molecule has 2 aromatic rings. The van der Waals surface area contributed by atoms with Gasteiger partial charge in [0.25, 0.3) is 0 Å². The van der Waals surface area contributed by atoms with Crippen LogP contribution in [0.5, 0.6) is 0 Å². The molecule has 0 fully saturated rings. The molecule has 1 aromatic heterocycles. The number of hydrogen-bond donors (Lipinski definition) is 0. The van der Waals surface area contributed by atoms with Crippen LogP contribution in [0, 0.1) is 0 Å². The number of halogens is 1. The lowest BCUT2D eigenvalue weighted by atomic mass is 10.1. The number of carbonyl (C=O) groups is 1. The van der Waals surface area contributed by atoms with Crippen LogP contribution in [0.4, 0.5) is 0 Å². The highest BCUT2D eigenvalue weighted by atomic mass is 35.5. The summed E-state index contributed by atoms with van der Waals surface area (Å²) >= 11 is 5.99. The first-order valence-corrected chi connectivity index (χ1v) is 5.31. The van der Waals surface area contributed by atoms with E-state index in [-0.39, 0.29) is 5.78 Å². The van der Waals surface area contributed by atoms with E-state index in [0.717, 1.165) is 5.56 Å². The number of nitrogens with zero attached hydrogens (tertiary/aromatic N) is 2. The van der Waals surface area contributed by atoms with Crippen molar-refractivity contribution in [2.24, 2.45) is 7.05 Å². The van der Waals surface area contributed by atoms with Crippen LogP contribution in [-0.2, 0) is 13.5 Å². The summed E-state index contributed by atoms with van der Waals surface area (Å²) in [5.41, 5.74) is 1.44. The zero-order chi connectivity index (χ0) is 11.5. The van der Waals surface area contributed by atoms with E-state index < -0.39 is 0 Å². The maximum Gasteiger partial charge on any atom is 0.185 e. The molecule has 0 aliphatic rings. The molecule has 0 aliphatic carbocycles. The Morgan fingerprint density at radius 3 is 2.75 bits per heavy atom. The third-order valence-corrected chi connectivity index (χ3v) is 2.78. The lowest BCUT2D eigenvalue weighted by Crippen LogP contribution is -2.09. The number of rotatable bonds is 3. The van der Waals surface area contributed by atoms with Gasteiger partial charge in [0.1, 0.15) is 5.69 Å². The molecule has 0 aliphatic heterocycles. The van der Waals surface area contributed by atoms with Gasteiger partial charge in [-0.05, 0) is 17.7 Å². The smallest absolute Gasteiger partial charge is 0.185 e. The van der Waals surface area contributed by atoms with Crippen LogP contribution in [0.25, 0.3) is 0 Å². The summed E-state index contributed by atoms with van der Waals surface area (Å²) in [7, 11) is 1.75. The minimum atomic E-state index is 0.0214. The predicted molar refractivity (Wildman–Crippen MR) is 62.7 cm³/mol. The van der Waals surface area contributed by atoms with Crippen LogP contribution in [0.3, 0.4) is 0 Å². The van der Waals surface area contributed by atoms with Gasteiger partial charge < -0.3 is 0 Å². The molecule has 1 heterocycles. The lowest BCUT2D eigenvalue weighted by molar-refractivity contribution is 0.0984. The van der Waals surface area contributed by atoms with Crippen LogP contribution in [-0.4, -0.2) is 15.6 Å². The van der Waals surface area contributed by atoms with Gasteiger partial charge in [0.05, 0.1) is 0 Å². The average molecular weight is 235 g/mol. The summed E-state index contributed by atoms with van der Waals surface area (Å²) in [5.74, 6) is 0.0214. The zero-order valence-electron chi connectivity index (χ0n) is 8.85. The molecular weight excluding hydrogens is 224 g/mol. The molecule has 0 saturated heterocycles. The van der Waals surface area contributed by atoms with Gasteiger partial charge in [-0.25, -0.2) is 0 Å². The van der Waals surface area contributed by atoms with Crippen molar-refractivity contribution < 1.29 is 4.79 Å². The Labute approximate surface area is 98.7 Å². The van der Waals surface area contributed by atoms with E-state index in [1.54, 1.807) is 30.1 Å². The van der Waals surface area contributed by atoms with Crippen LogP contribution in [0.1, 0.15) is 16.1 Å². The van der Waals surface area contributed by atoms with E-state index in [4.69, 9.17) is 11.6 Å². The van der Waals surface area contributed by atoms with Crippen molar-refractivity contribution in [3.63, 3.8) is 0 Å². The minimum absolute atomic E-state index is 0.0214. The normalized spacial score (nSPS) is 10.4. The van der Waals surface area contributed by atoms with E-state index in [2.05, 4.69) is 5.10 Å². The number of aryl methyl sites for hydroxylation is 1. The summed E-state index contributed by atoms with van der Waals surface area (Å²) in [6, 6.07) is 9.07. The van der Waals surface area contributed by atoms with Crippen LogP contribution < -0.4 is 0 Å². The Balaban J connectivity index is 2.21. The first-order valence-electron chi connectivity index (χ1n) is 4.93. The molecule has 3 nitrogen and oxygen atoms in total. The molecule has 82 valence electrons. The molecule has 1 aromatic carbocycles. The van der Waals surface area contributed by atoms with Crippen molar-refractivity contribution in [2.75, 3.05) is 0 Å². The van der Waals surface area contributed by atoms with Gasteiger partial charge in [-0.1, -0.05) is 29.8 Å². The van der Waals surface area contributed by atoms with Gasteiger partial charge >= 0.3 is 0 Å². The largest absolute Gasteiger partial charge is 0.292 e. The standard InChI is InChI=1S/C12H11ClN2O/c1-15-11(6-7-14-15)12(16)8-9-4-2-3-5-10(9)13/h2-7H,8H2,1H3. The van der Waals surface area contributed by atoms with Gasteiger partial charge in [0, 0.05) is 24.7 Å². The summed E-state index contributed by atoms with van der Waals surface area (Å²) in [6.45, 7) is 0. The molecule has 0 spiro atoms. The van der Waals surface area contributed by atoms with Crippen molar-refractivity contribution in [1.29, 1.82) is 0 Å². The SMILES string of the molecule is Cn1nccc1C(=O)Cc1ccccc1Cl. The Kier molecular flexibility index (Phi) is 3.06. The van der Waals surface area contributed by atoms with Crippen molar-refractivity contribution in [3.05, 3.63) is 52.8 Å². The summed E-state index contributed by atoms with van der Waals surface area (Å²) in [5, 5.41) is 4.59. The third-order valence-electron chi connectivity index (χ3n) is 2.42. The van der Waals surface area contributed by atoms with Crippen molar-refractivity contribution >= 4 is 17.4 Å². The number of benzene rings is 1. The first-order chi connectivity index (χ1) is 7.68. The van der Waals surface area contributed by atoms with E-state index >= 15 is 0 Å². The van der Waals surface area contributed by atoms with E-state index in [1.165, 1.54) is 0 Å². The maximum atomic E-state index is 11.9. The molecule has 0 atom stereocenters. The highest BCUT2D eigenvalue weighted by molar-refractivity contribution is 6.31. The summed E-state index contributed by atoms with van der Waals surface area (Å²) in [4.78, 5) is 11.9. The fourth-order valence-corrected chi connectivity index (χ4v) is 1.76. The third kappa shape index (κ3) is 2.14. The van der Waals surface area contributed by atoms with E-state index in [0.29, 0.717) is 17.1 Å². The van der Waals surface area contributed by atoms with Crippen LogP contribution in [0.2, 0.25) is 5.02 Å². The summed E-state index contributed by atoms with van der Waals surface area (Å²) in [6.07, 6.45) is 1.92. The molecular formula is C12H11ClN2O. The minimum Gasteiger partial charge on any atom is -0.292 e. The number of aromatic nitrogens is 2. The Morgan fingerprint density at radius 2 is 2.12 bits per heavy atom. The molecule has 0 N–H and O–H groups in total. The topological polar surface area (TPSA) is 34.9 Å². The van der Waals surface area contributed by atoms with E-state index in [9.17, 15) is 4.79 Å². The van der Waals surface area contributed by atoms with Gasteiger partial charge in [0.2, 0.25) is 0 Å². The van der Waals surface area contributed by atoms with Gasteiger partial charge in [-0.15, -0.1) is 0 Å². The second-order valence-electron chi connectivity index (χ2n) is 3.53. The second kappa shape index (κ2) is 4.49. The first kappa shape index (κ1) is 10.9. The Hall–Kier alpha value is -1.61. The van der Waals surface area contributed by atoms with Gasteiger partial charge in [-0.2, -0.15) is 5.10 Å². The van der Waals surface area contributed by atoms with Crippen molar-refractivity contribution in [1.82, 2.24) is 9.78 Å². The van der Waals surface area contributed by atoms with Gasteiger partial charge in [-0.3, -0.25) is 9.48 Å². The highest BCUT2D eigenvalue weighted by Gasteiger charge is 2.12. The molecule has 0 radical (unpaired) electrons.